The molecule has 1 heterocycles. The van der Waals surface area contributed by atoms with Crippen molar-refractivity contribution in [2.24, 2.45) is 0 Å². The Kier molecular flexibility index (Phi) is 3.05. The highest BCUT2D eigenvalue weighted by molar-refractivity contribution is 6.04. The van der Waals surface area contributed by atoms with Gasteiger partial charge in [-0.1, -0.05) is 6.07 Å². The number of hydrogen-bond acceptors (Lipinski definition) is 3. The molecule has 1 aromatic heterocycles. The number of nitrogens with two attached hydrogens (primary N) is 1. The Morgan fingerprint density at radius 3 is 2.76 bits per heavy atom. The molecule has 0 bridgehead atoms. The molecule has 0 aliphatic rings. The molecule has 17 heavy (non-hydrogen) atoms. The van der Waals surface area contributed by atoms with Gasteiger partial charge in [0.25, 0.3) is 5.91 Å². The maximum Gasteiger partial charge on any atom is 0.257 e. The molecule has 0 radical (unpaired) electrons. The SMILES string of the molecule is Cc1ccc(C(=O)Nc2cccc(N)c2)cn1. The lowest BCUT2D eigenvalue weighted by Gasteiger charge is -2.05. The number of nitrogens with zero attached hydrogens (tertiary/aromatic N) is 1. The lowest BCUT2D eigenvalue weighted by Crippen LogP contribution is -2.12. The number of aryl methyl sites for hydroxylation is 1. The Hall–Kier alpha value is -2.36. The first kappa shape index (κ1) is 11.1. The van der Waals surface area contributed by atoms with Gasteiger partial charge in [0.05, 0.1) is 5.56 Å². The van der Waals surface area contributed by atoms with Crippen molar-refractivity contribution >= 4 is 17.3 Å². The number of aromatic nitrogens is 1. The third-order valence-corrected chi connectivity index (χ3v) is 2.32. The summed E-state index contributed by atoms with van der Waals surface area (Å²) in [4.78, 5) is 15.9. The van der Waals surface area contributed by atoms with Crippen LogP contribution in [-0.4, -0.2) is 10.9 Å². The first-order valence-corrected chi connectivity index (χ1v) is 5.25. The molecule has 2 rings (SSSR count). The molecule has 0 unspecified atom stereocenters. The molecule has 1 aromatic carbocycles. The van der Waals surface area contributed by atoms with Gasteiger partial charge in [-0.3, -0.25) is 9.78 Å². The first-order valence-electron chi connectivity index (χ1n) is 5.25. The number of nitrogen functional groups attached to an aromatic ring is 1. The fraction of sp³-hybridized carbons (Fsp3) is 0.0769. The molecule has 0 aliphatic carbocycles. The number of benzene rings is 1. The first-order chi connectivity index (χ1) is 8.15. The van der Waals surface area contributed by atoms with Crippen molar-refractivity contribution in [3.63, 3.8) is 0 Å². The van der Waals surface area contributed by atoms with E-state index in [1.165, 1.54) is 0 Å². The standard InChI is InChI=1S/C13H13N3O/c1-9-5-6-10(8-15-9)13(17)16-12-4-2-3-11(14)7-12/h2-8H,14H2,1H3,(H,16,17). The zero-order chi connectivity index (χ0) is 12.3. The number of nitrogens with one attached hydrogen (secondary N) is 1. The third-order valence-electron chi connectivity index (χ3n) is 2.32. The Morgan fingerprint density at radius 2 is 2.12 bits per heavy atom. The molecule has 2 aromatic rings. The van der Waals surface area contributed by atoms with E-state index in [2.05, 4.69) is 10.3 Å². The van der Waals surface area contributed by atoms with Crippen molar-refractivity contribution in [1.29, 1.82) is 0 Å². The monoisotopic (exact) mass is 227 g/mol. The van der Waals surface area contributed by atoms with Crippen LogP contribution in [-0.2, 0) is 0 Å². The molecule has 3 N–H and O–H groups in total. The minimum absolute atomic E-state index is 0.192. The van der Waals surface area contributed by atoms with E-state index < -0.39 is 0 Å². The molecule has 0 aliphatic heterocycles. The summed E-state index contributed by atoms with van der Waals surface area (Å²) in [5.74, 6) is -0.192. The fourth-order valence-electron chi connectivity index (χ4n) is 1.42. The molecule has 4 nitrogen and oxygen atoms in total. The third kappa shape index (κ3) is 2.81. The van der Waals surface area contributed by atoms with Crippen molar-refractivity contribution in [3.05, 3.63) is 53.9 Å². The highest BCUT2D eigenvalue weighted by Gasteiger charge is 2.05. The Balaban J connectivity index is 2.14. The summed E-state index contributed by atoms with van der Waals surface area (Å²) in [6, 6.07) is 10.6. The van der Waals surface area contributed by atoms with Crippen LogP contribution in [0.2, 0.25) is 0 Å². The summed E-state index contributed by atoms with van der Waals surface area (Å²) >= 11 is 0. The number of rotatable bonds is 2. The van der Waals surface area contributed by atoms with Gasteiger partial charge in [-0.05, 0) is 37.3 Å². The number of pyridine rings is 1. The van der Waals surface area contributed by atoms with Gasteiger partial charge >= 0.3 is 0 Å². The van der Waals surface area contributed by atoms with Crippen LogP contribution in [0.4, 0.5) is 11.4 Å². The van der Waals surface area contributed by atoms with Gasteiger partial charge in [0.1, 0.15) is 0 Å². The highest BCUT2D eigenvalue weighted by Crippen LogP contribution is 2.13. The van der Waals surface area contributed by atoms with E-state index in [4.69, 9.17) is 5.73 Å². The predicted molar refractivity (Wildman–Crippen MR) is 67.8 cm³/mol. The van der Waals surface area contributed by atoms with Crippen molar-refractivity contribution < 1.29 is 4.79 Å². The summed E-state index contributed by atoms with van der Waals surface area (Å²) in [5.41, 5.74) is 8.33. The topological polar surface area (TPSA) is 68.0 Å². The average Bonchev–Trinajstić information content (AvgIpc) is 2.29. The van der Waals surface area contributed by atoms with Crippen molar-refractivity contribution in [2.75, 3.05) is 11.1 Å². The Labute approximate surface area is 99.5 Å². The molecule has 0 saturated carbocycles. The van der Waals surface area contributed by atoms with E-state index >= 15 is 0 Å². The second kappa shape index (κ2) is 4.65. The van der Waals surface area contributed by atoms with E-state index in [0.29, 0.717) is 16.9 Å². The van der Waals surface area contributed by atoms with Crippen LogP contribution in [0.25, 0.3) is 0 Å². The van der Waals surface area contributed by atoms with Crippen LogP contribution < -0.4 is 11.1 Å². The van der Waals surface area contributed by atoms with Crippen molar-refractivity contribution in [2.45, 2.75) is 6.92 Å². The number of carbonyl (C=O) groups excluding carboxylic acids is 1. The minimum Gasteiger partial charge on any atom is -0.399 e. The normalized spacial score (nSPS) is 9.94. The van der Waals surface area contributed by atoms with Gasteiger partial charge in [-0.25, -0.2) is 0 Å². The molecule has 0 spiro atoms. The van der Waals surface area contributed by atoms with E-state index in [0.717, 1.165) is 5.69 Å². The van der Waals surface area contributed by atoms with Gasteiger partial charge in [0.2, 0.25) is 0 Å². The summed E-state index contributed by atoms with van der Waals surface area (Å²) in [6.07, 6.45) is 1.55. The number of hydrogen-bond donors (Lipinski definition) is 2. The largest absolute Gasteiger partial charge is 0.399 e. The molecule has 1 amide bonds. The number of amides is 1. The van der Waals surface area contributed by atoms with Crippen molar-refractivity contribution in [3.8, 4) is 0 Å². The highest BCUT2D eigenvalue weighted by atomic mass is 16.1. The van der Waals surface area contributed by atoms with Gasteiger partial charge in [0, 0.05) is 23.3 Å². The maximum atomic E-state index is 11.8. The smallest absolute Gasteiger partial charge is 0.257 e. The maximum absolute atomic E-state index is 11.8. The Bertz CT molecular complexity index is 535. The summed E-state index contributed by atoms with van der Waals surface area (Å²) in [7, 11) is 0. The van der Waals surface area contributed by atoms with E-state index in [9.17, 15) is 4.79 Å². The number of carbonyl (C=O) groups is 1. The van der Waals surface area contributed by atoms with Gasteiger partial charge < -0.3 is 11.1 Å². The summed E-state index contributed by atoms with van der Waals surface area (Å²) in [5, 5.41) is 2.76. The van der Waals surface area contributed by atoms with Crippen LogP contribution >= 0.6 is 0 Å². The molecule has 0 fully saturated rings. The summed E-state index contributed by atoms with van der Waals surface area (Å²) < 4.78 is 0. The summed E-state index contributed by atoms with van der Waals surface area (Å²) in [6.45, 7) is 1.87. The Morgan fingerprint density at radius 1 is 1.29 bits per heavy atom. The van der Waals surface area contributed by atoms with E-state index in [-0.39, 0.29) is 5.91 Å². The molecule has 86 valence electrons. The molecular formula is C13H13N3O. The van der Waals surface area contributed by atoms with Crippen LogP contribution in [0.5, 0.6) is 0 Å². The van der Waals surface area contributed by atoms with Crippen molar-refractivity contribution in [1.82, 2.24) is 4.98 Å². The van der Waals surface area contributed by atoms with Crippen LogP contribution in [0.15, 0.2) is 42.6 Å². The van der Waals surface area contributed by atoms with Crippen LogP contribution in [0.1, 0.15) is 16.1 Å². The van der Waals surface area contributed by atoms with Crippen LogP contribution in [0, 0.1) is 6.92 Å². The van der Waals surface area contributed by atoms with Gasteiger partial charge in [0.15, 0.2) is 0 Å². The second-order valence-corrected chi connectivity index (χ2v) is 3.77. The van der Waals surface area contributed by atoms with E-state index in [1.807, 2.05) is 6.92 Å². The number of anilines is 2. The minimum atomic E-state index is -0.192. The van der Waals surface area contributed by atoms with Gasteiger partial charge in [-0.15, -0.1) is 0 Å². The fourth-order valence-corrected chi connectivity index (χ4v) is 1.42. The second-order valence-electron chi connectivity index (χ2n) is 3.77. The van der Waals surface area contributed by atoms with E-state index in [1.54, 1.807) is 42.6 Å². The molecular weight excluding hydrogens is 214 g/mol. The van der Waals surface area contributed by atoms with Crippen LogP contribution in [0.3, 0.4) is 0 Å². The lowest BCUT2D eigenvalue weighted by atomic mass is 10.2. The lowest BCUT2D eigenvalue weighted by molar-refractivity contribution is 0.102. The zero-order valence-electron chi connectivity index (χ0n) is 9.47. The average molecular weight is 227 g/mol. The molecule has 0 saturated heterocycles. The zero-order valence-corrected chi connectivity index (χ0v) is 9.47. The quantitative estimate of drug-likeness (QED) is 0.773. The molecule has 4 heteroatoms. The predicted octanol–water partition coefficient (Wildman–Crippen LogP) is 2.22. The molecule has 0 atom stereocenters. The van der Waals surface area contributed by atoms with Gasteiger partial charge in [-0.2, -0.15) is 0 Å².